The summed E-state index contributed by atoms with van der Waals surface area (Å²) in [6.07, 6.45) is 1.81. The van der Waals surface area contributed by atoms with Crippen LogP contribution in [0.4, 0.5) is 10.1 Å². The van der Waals surface area contributed by atoms with Gasteiger partial charge in [0.05, 0.1) is 17.6 Å². The predicted molar refractivity (Wildman–Crippen MR) is 117 cm³/mol. The van der Waals surface area contributed by atoms with Crippen molar-refractivity contribution >= 4 is 17.2 Å². The Morgan fingerprint density at radius 3 is 2.53 bits per heavy atom. The van der Waals surface area contributed by atoms with Crippen LogP contribution in [0.5, 0.6) is 0 Å². The fraction of sp³-hybridized carbons (Fsp3) is 0.208. The lowest BCUT2D eigenvalue weighted by atomic mass is 9.95. The van der Waals surface area contributed by atoms with E-state index in [0.29, 0.717) is 16.9 Å². The van der Waals surface area contributed by atoms with Crippen molar-refractivity contribution in [3.8, 4) is 22.5 Å². The lowest BCUT2D eigenvalue weighted by Crippen LogP contribution is -2.27. The molecule has 0 aliphatic heterocycles. The first kappa shape index (κ1) is 19.8. The van der Waals surface area contributed by atoms with Crippen molar-refractivity contribution in [1.82, 2.24) is 14.6 Å². The Labute approximate surface area is 174 Å². The highest BCUT2D eigenvalue weighted by Crippen LogP contribution is 2.27. The Morgan fingerprint density at radius 1 is 1.03 bits per heavy atom. The maximum atomic E-state index is 14.1. The Hall–Kier alpha value is -3.54. The quantitative estimate of drug-likeness (QED) is 0.493. The molecule has 152 valence electrons. The number of aryl methyl sites for hydroxylation is 1. The van der Waals surface area contributed by atoms with Gasteiger partial charge in [-0.15, -0.1) is 0 Å². The second-order valence-corrected chi connectivity index (χ2v) is 8.36. The number of nitrogens with zero attached hydrogens (tertiary/aromatic N) is 3. The number of aromatic nitrogens is 3. The average Bonchev–Trinajstić information content (AvgIpc) is 3.12. The number of benzene rings is 2. The largest absolute Gasteiger partial charge is 0.325 e. The Balaban J connectivity index is 1.71. The SMILES string of the molecule is Cc1ccc(-c2cn3nc(-c4ccccc4F)ccc3n2)cc1NC(=O)C(C)(C)C. The minimum atomic E-state index is -0.488. The molecule has 0 saturated carbocycles. The van der Waals surface area contributed by atoms with E-state index in [1.807, 2.05) is 52.0 Å². The molecule has 6 heteroatoms. The second kappa shape index (κ2) is 7.37. The molecule has 0 fully saturated rings. The van der Waals surface area contributed by atoms with Gasteiger partial charge in [-0.05, 0) is 42.8 Å². The first-order chi connectivity index (χ1) is 14.2. The topological polar surface area (TPSA) is 59.3 Å². The van der Waals surface area contributed by atoms with E-state index in [1.54, 1.807) is 35.0 Å². The molecule has 0 aliphatic rings. The zero-order chi connectivity index (χ0) is 21.5. The lowest BCUT2D eigenvalue weighted by molar-refractivity contribution is -0.123. The van der Waals surface area contributed by atoms with Crippen molar-refractivity contribution in [2.45, 2.75) is 27.7 Å². The van der Waals surface area contributed by atoms with Crippen LogP contribution >= 0.6 is 0 Å². The molecule has 0 radical (unpaired) electrons. The molecule has 0 spiro atoms. The number of fused-ring (bicyclic) bond motifs is 1. The van der Waals surface area contributed by atoms with Gasteiger partial charge in [-0.1, -0.05) is 45.0 Å². The highest BCUT2D eigenvalue weighted by atomic mass is 19.1. The van der Waals surface area contributed by atoms with Crippen LogP contribution in [0.3, 0.4) is 0 Å². The third-order valence-electron chi connectivity index (χ3n) is 4.93. The fourth-order valence-corrected chi connectivity index (χ4v) is 3.06. The highest BCUT2D eigenvalue weighted by molar-refractivity contribution is 5.95. The number of nitrogens with one attached hydrogen (secondary N) is 1. The van der Waals surface area contributed by atoms with Crippen molar-refractivity contribution < 1.29 is 9.18 Å². The van der Waals surface area contributed by atoms with Gasteiger partial charge in [0.1, 0.15) is 5.82 Å². The Bertz CT molecular complexity index is 1250. The van der Waals surface area contributed by atoms with Crippen LogP contribution in [-0.2, 0) is 4.79 Å². The van der Waals surface area contributed by atoms with Crippen molar-refractivity contribution in [3.63, 3.8) is 0 Å². The molecule has 0 saturated heterocycles. The average molecular weight is 402 g/mol. The van der Waals surface area contributed by atoms with E-state index >= 15 is 0 Å². The number of amides is 1. The third-order valence-corrected chi connectivity index (χ3v) is 4.93. The summed E-state index contributed by atoms with van der Waals surface area (Å²) in [4.78, 5) is 17.0. The van der Waals surface area contributed by atoms with Crippen LogP contribution in [0.1, 0.15) is 26.3 Å². The number of halogens is 1. The predicted octanol–water partition coefficient (Wildman–Crippen LogP) is 5.50. The first-order valence-electron chi connectivity index (χ1n) is 9.76. The molecule has 0 aliphatic carbocycles. The van der Waals surface area contributed by atoms with Crippen LogP contribution in [0, 0.1) is 18.2 Å². The fourth-order valence-electron chi connectivity index (χ4n) is 3.06. The maximum Gasteiger partial charge on any atom is 0.229 e. The van der Waals surface area contributed by atoms with Crippen molar-refractivity contribution in [3.05, 3.63) is 72.2 Å². The van der Waals surface area contributed by atoms with Gasteiger partial charge in [0.15, 0.2) is 5.65 Å². The molecule has 2 heterocycles. The number of carbonyl (C=O) groups is 1. The summed E-state index contributed by atoms with van der Waals surface area (Å²) in [6, 6.07) is 16.0. The standard InChI is InChI=1S/C24H23FN4O/c1-15-9-10-16(13-20(15)27-23(30)24(2,3)4)21-14-29-22(26-21)12-11-19(28-29)17-7-5-6-8-18(17)25/h5-14H,1-4H3,(H,27,30). The molecule has 1 amide bonds. The van der Waals surface area contributed by atoms with Gasteiger partial charge in [-0.2, -0.15) is 5.10 Å². The number of imidazole rings is 1. The first-order valence-corrected chi connectivity index (χ1v) is 9.76. The lowest BCUT2D eigenvalue weighted by Gasteiger charge is -2.19. The van der Waals surface area contributed by atoms with Gasteiger partial charge in [0.25, 0.3) is 0 Å². The zero-order valence-corrected chi connectivity index (χ0v) is 17.4. The molecule has 0 unspecified atom stereocenters. The van der Waals surface area contributed by atoms with Gasteiger partial charge in [0, 0.05) is 22.2 Å². The van der Waals surface area contributed by atoms with Crippen molar-refractivity contribution in [2.24, 2.45) is 5.41 Å². The van der Waals surface area contributed by atoms with Gasteiger partial charge in [0.2, 0.25) is 5.91 Å². The number of hydrogen-bond donors (Lipinski definition) is 1. The van der Waals surface area contributed by atoms with Crippen LogP contribution in [-0.4, -0.2) is 20.5 Å². The normalized spacial score (nSPS) is 11.6. The van der Waals surface area contributed by atoms with Crippen molar-refractivity contribution in [2.75, 3.05) is 5.32 Å². The molecule has 4 rings (SSSR count). The van der Waals surface area contributed by atoms with E-state index in [-0.39, 0.29) is 11.7 Å². The molecule has 2 aromatic carbocycles. The van der Waals surface area contributed by atoms with E-state index in [4.69, 9.17) is 0 Å². The van der Waals surface area contributed by atoms with Crippen molar-refractivity contribution in [1.29, 1.82) is 0 Å². The van der Waals surface area contributed by atoms with E-state index in [2.05, 4.69) is 15.4 Å². The van der Waals surface area contributed by atoms with E-state index < -0.39 is 5.41 Å². The van der Waals surface area contributed by atoms with Gasteiger partial charge >= 0.3 is 0 Å². The summed E-state index contributed by atoms with van der Waals surface area (Å²) in [5.41, 5.74) is 4.46. The highest BCUT2D eigenvalue weighted by Gasteiger charge is 2.22. The number of rotatable bonds is 3. The molecule has 1 N–H and O–H groups in total. The van der Waals surface area contributed by atoms with Gasteiger partial charge in [-0.25, -0.2) is 13.9 Å². The molecule has 4 aromatic rings. The monoisotopic (exact) mass is 402 g/mol. The van der Waals surface area contributed by atoms with Crippen LogP contribution in [0.2, 0.25) is 0 Å². The van der Waals surface area contributed by atoms with Gasteiger partial charge in [-0.3, -0.25) is 4.79 Å². The molecule has 2 aromatic heterocycles. The smallest absolute Gasteiger partial charge is 0.229 e. The van der Waals surface area contributed by atoms with Gasteiger partial charge < -0.3 is 5.32 Å². The molecular weight excluding hydrogens is 379 g/mol. The number of carbonyl (C=O) groups excluding carboxylic acids is 1. The molecule has 0 bridgehead atoms. The maximum absolute atomic E-state index is 14.1. The molecular formula is C24H23FN4O. The molecule has 30 heavy (non-hydrogen) atoms. The Kier molecular flexibility index (Phi) is 4.86. The summed E-state index contributed by atoms with van der Waals surface area (Å²) in [5, 5.41) is 7.52. The zero-order valence-electron chi connectivity index (χ0n) is 17.4. The van der Waals surface area contributed by atoms with Crippen LogP contribution < -0.4 is 5.32 Å². The van der Waals surface area contributed by atoms with E-state index in [1.165, 1.54) is 6.07 Å². The minimum Gasteiger partial charge on any atom is -0.325 e. The molecule has 5 nitrogen and oxygen atoms in total. The summed E-state index contributed by atoms with van der Waals surface area (Å²) in [5.74, 6) is -0.364. The Morgan fingerprint density at radius 2 is 1.80 bits per heavy atom. The number of hydrogen-bond acceptors (Lipinski definition) is 3. The third kappa shape index (κ3) is 3.81. The van der Waals surface area contributed by atoms with Crippen LogP contribution in [0.15, 0.2) is 60.8 Å². The minimum absolute atomic E-state index is 0.0473. The summed E-state index contributed by atoms with van der Waals surface area (Å²) in [6.45, 7) is 7.58. The number of anilines is 1. The summed E-state index contributed by atoms with van der Waals surface area (Å²) < 4.78 is 15.8. The molecule has 0 atom stereocenters. The van der Waals surface area contributed by atoms with E-state index in [0.717, 1.165) is 22.5 Å². The summed E-state index contributed by atoms with van der Waals surface area (Å²) in [7, 11) is 0. The van der Waals surface area contributed by atoms with Crippen LogP contribution in [0.25, 0.3) is 28.2 Å². The van der Waals surface area contributed by atoms with E-state index in [9.17, 15) is 9.18 Å². The second-order valence-electron chi connectivity index (χ2n) is 8.36. The summed E-state index contributed by atoms with van der Waals surface area (Å²) >= 11 is 0.